The van der Waals surface area contributed by atoms with E-state index in [1.54, 1.807) is 6.07 Å². The number of carbonyl (C=O) groups is 1. The van der Waals surface area contributed by atoms with Crippen molar-refractivity contribution in [2.75, 3.05) is 18.0 Å². The van der Waals surface area contributed by atoms with Crippen LogP contribution >= 0.6 is 0 Å². The summed E-state index contributed by atoms with van der Waals surface area (Å²) in [6, 6.07) is 11.7. The monoisotopic (exact) mass is 494 g/mol. The first-order valence-corrected chi connectivity index (χ1v) is 14.1. The van der Waals surface area contributed by atoms with Gasteiger partial charge in [-0.3, -0.25) is 4.79 Å². The number of benzene rings is 1. The maximum absolute atomic E-state index is 12.9. The van der Waals surface area contributed by atoms with Gasteiger partial charge in [0.05, 0.1) is 5.25 Å². The summed E-state index contributed by atoms with van der Waals surface area (Å²) in [6.07, 6.45) is 9.00. The summed E-state index contributed by atoms with van der Waals surface area (Å²) in [4.78, 5) is 23.8. The summed E-state index contributed by atoms with van der Waals surface area (Å²) in [6.45, 7) is 1.86. The average Bonchev–Trinajstić information content (AvgIpc) is 3.66. The topological polar surface area (TPSA) is 105 Å². The Labute approximate surface area is 205 Å². The smallest absolute Gasteiger partial charge is 0.298 e. The van der Waals surface area contributed by atoms with E-state index in [0.717, 1.165) is 62.7 Å². The fraction of sp³-hybridized carbons (Fsp3) is 0.500. The van der Waals surface area contributed by atoms with Crippen LogP contribution in [0.5, 0.6) is 0 Å². The van der Waals surface area contributed by atoms with E-state index in [2.05, 4.69) is 20.2 Å². The molecule has 6 rings (SSSR count). The maximum Gasteiger partial charge on any atom is 0.298 e. The van der Waals surface area contributed by atoms with E-state index in [1.165, 1.54) is 12.3 Å². The molecule has 0 unspecified atom stereocenters. The summed E-state index contributed by atoms with van der Waals surface area (Å²) >= 11 is 0. The number of nitrogens with one attached hydrogen (secondary N) is 1. The van der Waals surface area contributed by atoms with Gasteiger partial charge < -0.3 is 14.6 Å². The van der Waals surface area contributed by atoms with Gasteiger partial charge in [-0.15, -0.1) is 0 Å². The standard InChI is InChI=1S/C26H30N4O4S/c31-24(18-9-14-27-23(17-18)35(32,33)20-5-6-20)28-19-7-10-26(11-8-19)12-15-30(16-13-26)25-29-21-3-1-2-4-22(21)34-25/h1-4,9,14,17,19-20H,5-8,10-13,15-16H2,(H,28,31). The van der Waals surface area contributed by atoms with E-state index in [4.69, 9.17) is 4.42 Å². The number of sulfone groups is 1. The van der Waals surface area contributed by atoms with Crippen LogP contribution in [0, 0.1) is 5.41 Å². The largest absolute Gasteiger partial charge is 0.423 e. The Kier molecular flexibility index (Phi) is 5.55. The minimum absolute atomic E-state index is 0.0148. The molecule has 1 spiro atoms. The molecule has 2 saturated carbocycles. The highest BCUT2D eigenvalue weighted by molar-refractivity contribution is 7.92. The van der Waals surface area contributed by atoms with Crippen LogP contribution in [0.4, 0.5) is 6.01 Å². The second kappa shape index (κ2) is 8.62. The van der Waals surface area contributed by atoms with Gasteiger partial charge in [-0.1, -0.05) is 12.1 Å². The number of fused-ring (bicyclic) bond motifs is 1. The molecule has 1 aromatic carbocycles. The van der Waals surface area contributed by atoms with Gasteiger partial charge in [0.15, 0.2) is 20.4 Å². The molecular formula is C26H30N4O4S. The molecule has 9 heteroatoms. The molecule has 2 aliphatic carbocycles. The Hall–Kier alpha value is -2.94. The number of amides is 1. The molecule has 3 aromatic rings. The van der Waals surface area contributed by atoms with Crippen molar-refractivity contribution in [3.63, 3.8) is 0 Å². The first-order chi connectivity index (χ1) is 16.9. The van der Waals surface area contributed by atoms with E-state index in [1.807, 2.05) is 24.3 Å². The molecule has 2 aromatic heterocycles. The predicted molar refractivity (Wildman–Crippen MR) is 132 cm³/mol. The summed E-state index contributed by atoms with van der Waals surface area (Å²) in [5.41, 5.74) is 2.40. The number of hydrogen-bond donors (Lipinski definition) is 1. The second-order valence-corrected chi connectivity index (χ2v) is 12.5. The van der Waals surface area contributed by atoms with Gasteiger partial charge in [-0.25, -0.2) is 13.4 Å². The maximum atomic E-state index is 12.9. The highest BCUT2D eigenvalue weighted by atomic mass is 32.2. The Morgan fingerprint density at radius 1 is 1.03 bits per heavy atom. The Bertz CT molecular complexity index is 1310. The first kappa shape index (κ1) is 22.5. The zero-order chi connectivity index (χ0) is 24.0. The van der Waals surface area contributed by atoms with Crippen LogP contribution in [-0.4, -0.2) is 48.7 Å². The molecular weight excluding hydrogens is 464 g/mol. The number of para-hydroxylation sites is 2. The van der Waals surface area contributed by atoms with Crippen LogP contribution in [0.1, 0.15) is 61.7 Å². The van der Waals surface area contributed by atoms with Crippen molar-refractivity contribution in [3.05, 3.63) is 48.2 Å². The van der Waals surface area contributed by atoms with Gasteiger partial charge in [0.25, 0.3) is 11.9 Å². The summed E-state index contributed by atoms with van der Waals surface area (Å²) in [7, 11) is -3.41. The minimum Gasteiger partial charge on any atom is -0.423 e. The number of oxazole rings is 1. The number of anilines is 1. The molecule has 3 fully saturated rings. The van der Waals surface area contributed by atoms with Crippen LogP contribution in [0.15, 0.2) is 52.0 Å². The summed E-state index contributed by atoms with van der Waals surface area (Å²) < 4.78 is 30.9. The quantitative estimate of drug-likeness (QED) is 0.569. The third kappa shape index (κ3) is 4.42. The SMILES string of the molecule is O=C(NC1CCC2(CC1)CCN(c1nc3ccccc3o1)CC2)c1ccnc(S(=O)(=O)C2CC2)c1. The zero-order valence-corrected chi connectivity index (χ0v) is 20.5. The lowest BCUT2D eigenvalue weighted by atomic mass is 9.67. The molecule has 0 radical (unpaired) electrons. The van der Waals surface area contributed by atoms with Gasteiger partial charge in [0.1, 0.15) is 5.52 Å². The third-order valence-corrected chi connectivity index (χ3v) is 10.2. The van der Waals surface area contributed by atoms with Gasteiger partial charge in [0.2, 0.25) is 0 Å². The number of piperidine rings is 1. The molecule has 1 N–H and O–H groups in total. The second-order valence-electron chi connectivity index (χ2n) is 10.3. The van der Waals surface area contributed by atoms with Crippen molar-refractivity contribution in [1.82, 2.24) is 15.3 Å². The van der Waals surface area contributed by atoms with Crippen molar-refractivity contribution in [2.24, 2.45) is 5.41 Å². The van der Waals surface area contributed by atoms with Crippen molar-refractivity contribution in [1.29, 1.82) is 0 Å². The molecule has 0 bridgehead atoms. The van der Waals surface area contributed by atoms with E-state index in [0.29, 0.717) is 29.8 Å². The molecule has 3 aliphatic rings. The van der Waals surface area contributed by atoms with E-state index >= 15 is 0 Å². The van der Waals surface area contributed by atoms with E-state index < -0.39 is 9.84 Å². The van der Waals surface area contributed by atoms with E-state index in [-0.39, 0.29) is 22.2 Å². The number of carbonyl (C=O) groups excluding carboxylic acids is 1. The number of hydrogen-bond acceptors (Lipinski definition) is 7. The van der Waals surface area contributed by atoms with Crippen LogP contribution in [0.25, 0.3) is 11.1 Å². The molecule has 184 valence electrons. The van der Waals surface area contributed by atoms with Gasteiger partial charge in [-0.2, -0.15) is 4.98 Å². The number of nitrogens with zero attached hydrogens (tertiary/aromatic N) is 3. The third-order valence-electron chi connectivity index (χ3n) is 8.01. The van der Waals surface area contributed by atoms with Crippen LogP contribution in [0.2, 0.25) is 0 Å². The minimum atomic E-state index is -3.41. The highest BCUT2D eigenvalue weighted by Gasteiger charge is 2.40. The summed E-state index contributed by atoms with van der Waals surface area (Å²) in [5, 5.41) is 2.81. The lowest BCUT2D eigenvalue weighted by Crippen LogP contribution is -2.45. The van der Waals surface area contributed by atoms with Crippen LogP contribution in [-0.2, 0) is 9.84 Å². The van der Waals surface area contributed by atoms with Crippen molar-refractivity contribution in [2.45, 2.75) is 67.7 Å². The molecule has 8 nitrogen and oxygen atoms in total. The van der Waals surface area contributed by atoms with E-state index in [9.17, 15) is 13.2 Å². The van der Waals surface area contributed by atoms with Gasteiger partial charge in [-0.05, 0) is 81.0 Å². The van der Waals surface area contributed by atoms with Gasteiger partial charge >= 0.3 is 0 Å². The first-order valence-electron chi connectivity index (χ1n) is 12.5. The predicted octanol–water partition coefficient (Wildman–Crippen LogP) is 4.12. The highest BCUT2D eigenvalue weighted by Crippen LogP contribution is 2.45. The van der Waals surface area contributed by atoms with Crippen molar-refractivity contribution < 1.29 is 17.6 Å². The Morgan fingerprint density at radius 2 is 1.77 bits per heavy atom. The number of rotatable bonds is 5. The molecule has 35 heavy (non-hydrogen) atoms. The molecule has 1 aliphatic heterocycles. The van der Waals surface area contributed by atoms with Crippen LogP contribution < -0.4 is 10.2 Å². The zero-order valence-electron chi connectivity index (χ0n) is 19.7. The normalized spacial score (nSPS) is 20.9. The Morgan fingerprint density at radius 3 is 2.49 bits per heavy atom. The lowest BCUT2D eigenvalue weighted by molar-refractivity contribution is 0.0865. The van der Waals surface area contributed by atoms with Gasteiger partial charge in [0, 0.05) is 30.9 Å². The fourth-order valence-electron chi connectivity index (χ4n) is 5.57. The molecule has 3 heterocycles. The lowest BCUT2D eigenvalue weighted by Gasteiger charge is -2.45. The van der Waals surface area contributed by atoms with Crippen molar-refractivity contribution in [3.8, 4) is 0 Å². The fourth-order valence-corrected chi connectivity index (χ4v) is 7.16. The molecule has 0 atom stereocenters. The van der Waals surface area contributed by atoms with Crippen molar-refractivity contribution >= 4 is 32.9 Å². The number of pyridine rings is 1. The average molecular weight is 495 g/mol. The summed E-state index contributed by atoms with van der Waals surface area (Å²) in [5.74, 6) is -0.216. The molecule has 1 saturated heterocycles. The Balaban J connectivity index is 1.04. The number of aromatic nitrogens is 2. The molecule has 1 amide bonds. The van der Waals surface area contributed by atoms with Crippen LogP contribution in [0.3, 0.4) is 0 Å².